The molecule has 2 nitrogen and oxygen atoms in total. The summed E-state index contributed by atoms with van der Waals surface area (Å²) in [5.41, 5.74) is 0.472. The van der Waals surface area contributed by atoms with Gasteiger partial charge in [0.05, 0.1) is 6.54 Å². The average molecular weight is 221 g/mol. The summed E-state index contributed by atoms with van der Waals surface area (Å²) in [7, 11) is 0. The Bertz CT molecular complexity index is 391. The van der Waals surface area contributed by atoms with Gasteiger partial charge >= 0.3 is 0 Å². The first-order valence-electron chi connectivity index (χ1n) is 5.66. The molecule has 1 aliphatic rings. The molecular weight excluding hydrogens is 205 g/mol. The van der Waals surface area contributed by atoms with Crippen LogP contribution in [0.2, 0.25) is 0 Å². The SMILES string of the molecule is CC1CCN(CC(=O)c2cccc(F)c2)C1. The van der Waals surface area contributed by atoms with Crippen LogP contribution in [0.5, 0.6) is 0 Å². The molecule has 1 aliphatic heterocycles. The molecule has 0 aromatic heterocycles. The fourth-order valence-corrected chi connectivity index (χ4v) is 2.13. The third-order valence-corrected chi connectivity index (χ3v) is 3.02. The van der Waals surface area contributed by atoms with Gasteiger partial charge in [-0.1, -0.05) is 19.1 Å². The molecule has 1 heterocycles. The van der Waals surface area contributed by atoms with Crippen molar-refractivity contribution in [3.8, 4) is 0 Å². The summed E-state index contributed by atoms with van der Waals surface area (Å²) >= 11 is 0. The molecule has 1 saturated heterocycles. The second kappa shape index (κ2) is 4.74. The Labute approximate surface area is 95.1 Å². The van der Waals surface area contributed by atoms with E-state index in [1.165, 1.54) is 12.1 Å². The Morgan fingerprint density at radius 1 is 1.56 bits per heavy atom. The van der Waals surface area contributed by atoms with E-state index in [0.717, 1.165) is 19.5 Å². The number of halogens is 1. The zero-order valence-electron chi connectivity index (χ0n) is 9.45. The Kier molecular flexibility index (Phi) is 3.34. The standard InChI is InChI=1S/C13H16FNO/c1-10-5-6-15(8-10)9-13(16)11-3-2-4-12(14)7-11/h2-4,7,10H,5-6,8-9H2,1H3. The van der Waals surface area contributed by atoms with Gasteiger partial charge < -0.3 is 0 Å². The Hall–Kier alpha value is -1.22. The summed E-state index contributed by atoms with van der Waals surface area (Å²) in [6.07, 6.45) is 1.15. The highest BCUT2D eigenvalue weighted by Crippen LogP contribution is 2.15. The minimum absolute atomic E-state index is 0.00796. The number of carbonyl (C=O) groups excluding carboxylic acids is 1. The number of hydrogen-bond acceptors (Lipinski definition) is 2. The van der Waals surface area contributed by atoms with Gasteiger partial charge in [-0.25, -0.2) is 4.39 Å². The van der Waals surface area contributed by atoms with Gasteiger partial charge in [0.2, 0.25) is 0 Å². The van der Waals surface area contributed by atoms with Gasteiger partial charge in [-0.2, -0.15) is 0 Å². The number of hydrogen-bond donors (Lipinski definition) is 0. The summed E-state index contributed by atoms with van der Waals surface area (Å²) in [4.78, 5) is 14.0. The third-order valence-electron chi connectivity index (χ3n) is 3.02. The number of carbonyl (C=O) groups is 1. The highest BCUT2D eigenvalue weighted by molar-refractivity contribution is 5.97. The summed E-state index contributed by atoms with van der Waals surface area (Å²) in [5.74, 6) is 0.328. The Morgan fingerprint density at radius 3 is 3.00 bits per heavy atom. The van der Waals surface area contributed by atoms with Crippen molar-refractivity contribution in [1.82, 2.24) is 4.90 Å². The van der Waals surface area contributed by atoms with Crippen LogP contribution in [0.25, 0.3) is 0 Å². The van der Waals surface area contributed by atoms with Crippen molar-refractivity contribution < 1.29 is 9.18 Å². The first-order chi connectivity index (χ1) is 7.65. The topological polar surface area (TPSA) is 20.3 Å². The van der Waals surface area contributed by atoms with Crippen LogP contribution < -0.4 is 0 Å². The molecule has 1 fully saturated rings. The Morgan fingerprint density at radius 2 is 2.38 bits per heavy atom. The van der Waals surface area contributed by atoms with Gasteiger partial charge in [0.15, 0.2) is 5.78 Å². The maximum atomic E-state index is 12.9. The summed E-state index contributed by atoms with van der Waals surface area (Å²) in [6, 6.07) is 5.91. The van der Waals surface area contributed by atoms with Crippen molar-refractivity contribution in [1.29, 1.82) is 0 Å². The molecule has 3 heteroatoms. The van der Waals surface area contributed by atoms with Crippen LogP contribution in [0.4, 0.5) is 4.39 Å². The van der Waals surface area contributed by atoms with E-state index < -0.39 is 0 Å². The van der Waals surface area contributed by atoms with Crippen LogP contribution in [0, 0.1) is 11.7 Å². The molecule has 0 spiro atoms. The number of ketones is 1. The van der Waals surface area contributed by atoms with E-state index in [-0.39, 0.29) is 11.6 Å². The third kappa shape index (κ3) is 2.67. The van der Waals surface area contributed by atoms with E-state index in [1.807, 2.05) is 0 Å². The minimum Gasteiger partial charge on any atom is -0.296 e. The molecule has 86 valence electrons. The molecule has 0 aliphatic carbocycles. The van der Waals surface area contributed by atoms with Crippen LogP contribution in [0.15, 0.2) is 24.3 Å². The van der Waals surface area contributed by atoms with Crippen molar-refractivity contribution in [2.75, 3.05) is 19.6 Å². The predicted molar refractivity (Wildman–Crippen MR) is 61.0 cm³/mol. The molecular formula is C13H16FNO. The summed E-state index contributed by atoms with van der Waals surface area (Å²) < 4.78 is 12.9. The Balaban J connectivity index is 1.98. The first kappa shape index (κ1) is 11.3. The largest absolute Gasteiger partial charge is 0.296 e. The number of nitrogens with zero attached hydrogens (tertiary/aromatic N) is 1. The normalized spacial score (nSPS) is 21.2. The number of likely N-dealkylation sites (tertiary alicyclic amines) is 1. The molecule has 0 amide bonds. The quantitative estimate of drug-likeness (QED) is 0.730. The molecule has 0 saturated carbocycles. The highest BCUT2D eigenvalue weighted by Gasteiger charge is 2.21. The molecule has 1 unspecified atom stereocenters. The van der Waals surface area contributed by atoms with Gasteiger partial charge in [-0.3, -0.25) is 9.69 Å². The predicted octanol–water partition coefficient (Wildman–Crippen LogP) is 2.35. The first-order valence-corrected chi connectivity index (χ1v) is 5.66. The monoisotopic (exact) mass is 221 g/mol. The molecule has 0 N–H and O–H groups in total. The molecule has 16 heavy (non-hydrogen) atoms. The van der Waals surface area contributed by atoms with E-state index in [0.29, 0.717) is 18.0 Å². The molecule has 1 aromatic carbocycles. The summed E-state index contributed by atoms with van der Waals surface area (Å²) in [5, 5.41) is 0. The van der Waals surface area contributed by atoms with Crippen LogP contribution >= 0.6 is 0 Å². The minimum atomic E-state index is -0.347. The van der Waals surface area contributed by atoms with Gasteiger partial charge in [-0.05, 0) is 31.0 Å². The van der Waals surface area contributed by atoms with Crippen LogP contribution in [-0.4, -0.2) is 30.3 Å². The fraction of sp³-hybridized carbons (Fsp3) is 0.462. The number of benzene rings is 1. The van der Waals surface area contributed by atoms with Crippen LogP contribution in [0.3, 0.4) is 0 Å². The van der Waals surface area contributed by atoms with Gasteiger partial charge in [0.25, 0.3) is 0 Å². The fourth-order valence-electron chi connectivity index (χ4n) is 2.13. The second-order valence-corrected chi connectivity index (χ2v) is 4.56. The molecule has 0 bridgehead atoms. The highest BCUT2D eigenvalue weighted by atomic mass is 19.1. The van der Waals surface area contributed by atoms with Gasteiger partial charge in [-0.15, -0.1) is 0 Å². The zero-order valence-corrected chi connectivity index (χ0v) is 9.45. The van der Waals surface area contributed by atoms with Crippen LogP contribution in [-0.2, 0) is 0 Å². The van der Waals surface area contributed by atoms with Crippen LogP contribution in [0.1, 0.15) is 23.7 Å². The van der Waals surface area contributed by atoms with Crippen molar-refractivity contribution in [2.45, 2.75) is 13.3 Å². The maximum absolute atomic E-state index is 12.9. The lowest BCUT2D eigenvalue weighted by molar-refractivity contribution is 0.0943. The lowest BCUT2D eigenvalue weighted by Crippen LogP contribution is -2.27. The smallest absolute Gasteiger partial charge is 0.176 e. The molecule has 2 rings (SSSR count). The van der Waals surface area contributed by atoms with E-state index in [2.05, 4.69) is 11.8 Å². The van der Waals surface area contributed by atoms with E-state index in [1.54, 1.807) is 12.1 Å². The van der Waals surface area contributed by atoms with Crippen molar-refractivity contribution in [3.05, 3.63) is 35.6 Å². The lowest BCUT2D eigenvalue weighted by atomic mass is 10.1. The molecule has 1 atom stereocenters. The number of Topliss-reactive ketones (excluding diaryl/α,β-unsaturated/α-hetero) is 1. The number of rotatable bonds is 3. The van der Waals surface area contributed by atoms with Crippen molar-refractivity contribution in [2.24, 2.45) is 5.92 Å². The summed E-state index contributed by atoms with van der Waals surface area (Å²) in [6.45, 7) is 4.55. The molecule has 0 radical (unpaired) electrons. The molecule has 1 aromatic rings. The van der Waals surface area contributed by atoms with E-state index in [9.17, 15) is 9.18 Å². The van der Waals surface area contributed by atoms with E-state index >= 15 is 0 Å². The van der Waals surface area contributed by atoms with Crippen molar-refractivity contribution >= 4 is 5.78 Å². The maximum Gasteiger partial charge on any atom is 0.176 e. The lowest BCUT2D eigenvalue weighted by Gasteiger charge is -2.13. The van der Waals surface area contributed by atoms with Gasteiger partial charge in [0.1, 0.15) is 5.82 Å². The second-order valence-electron chi connectivity index (χ2n) is 4.56. The zero-order chi connectivity index (χ0) is 11.5. The van der Waals surface area contributed by atoms with Gasteiger partial charge in [0, 0.05) is 12.1 Å². The van der Waals surface area contributed by atoms with Crippen molar-refractivity contribution in [3.63, 3.8) is 0 Å². The average Bonchev–Trinajstić information content (AvgIpc) is 2.64. The van der Waals surface area contributed by atoms with E-state index in [4.69, 9.17) is 0 Å².